The van der Waals surface area contributed by atoms with Crippen molar-refractivity contribution in [3.8, 4) is 0 Å². The molecule has 1 aliphatic heterocycles. The lowest BCUT2D eigenvalue weighted by molar-refractivity contribution is -0.206. The molecule has 0 bridgehead atoms. The Morgan fingerprint density at radius 1 is 1.14 bits per heavy atom. The van der Waals surface area contributed by atoms with Gasteiger partial charge in [0.05, 0.1) is 5.54 Å². The third-order valence-electron chi connectivity index (χ3n) is 7.69. The van der Waals surface area contributed by atoms with Crippen LogP contribution in [0.1, 0.15) is 44.1 Å². The molecule has 3 fully saturated rings. The highest BCUT2D eigenvalue weighted by molar-refractivity contribution is 5.83. The highest BCUT2D eigenvalue weighted by Crippen LogP contribution is 2.50. The van der Waals surface area contributed by atoms with E-state index in [0.717, 1.165) is 18.4 Å². The number of halogens is 3. The predicted octanol–water partition coefficient (Wildman–Crippen LogP) is 3.42. The van der Waals surface area contributed by atoms with Crippen LogP contribution in [0.3, 0.4) is 0 Å². The van der Waals surface area contributed by atoms with Crippen LogP contribution in [0.4, 0.5) is 18.0 Å². The van der Waals surface area contributed by atoms with Crippen LogP contribution >= 0.6 is 0 Å². The van der Waals surface area contributed by atoms with Crippen molar-refractivity contribution in [3.63, 3.8) is 0 Å². The molecule has 1 saturated heterocycles. The van der Waals surface area contributed by atoms with E-state index < -0.39 is 35.9 Å². The number of urea groups is 1. The fourth-order valence-electron chi connectivity index (χ4n) is 5.56. The second-order valence-corrected chi connectivity index (χ2v) is 9.96. The van der Waals surface area contributed by atoms with Crippen LogP contribution in [0, 0.1) is 5.92 Å². The number of rotatable bonds is 8. The molecule has 2 aliphatic carbocycles. The molecule has 0 atom stereocenters. The maximum absolute atomic E-state index is 13.1. The normalized spacial score (nSPS) is 27.1. The molecular weight excluding hydrogens is 467 g/mol. The summed E-state index contributed by atoms with van der Waals surface area (Å²) in [7, 11) is 1.63. The number of esters is 1. The summed E-state index contributed by atoms with van der Waals surface area (Å²) >= 11 is 0. The summed E-state index contributed by atoms with van der Waals surface area (Å²) in [6, 6.07) is 9.09. The van der Waals surface area contributed by atoms with E-state index >= 15 is 0 Å². The molecule has 2 amide bonds. The number of carbonyl (C=O) groups is 3. The molecule has 0 radical (unpaired) electrons. The highest BCUT2D eigenvalue weighted by Gasteiger charge is 2.56. The van der Waals surface area contributed by atoms with Gasteiger partial charge in [-0.25, -0.2) is 9.59 Å². The van der Waals surface area contributed by atoms with Crippen molar-refractivity contribution in [2.45, 2.75) is 55.8 Å². The van der Waals surface area contributed by atoms with Gasteiger partial charge in [0.1, 0.15) is 13.3 Å². The summed E-state index contributed by atoms with van der Waals surface area (Å²) in [4.78, 5) is 40.7. The number of benzene rings is 1. The molecule has 8 nitrogen and oxygen atoms in total. The highest BCUT2D eigenvalue weighted by atomic mass is 19.4. The Balaban J connectivity index is 1.57. The van der Waals surface area contributed by atoms with Gasteiger partial charge in [-0.05, 0) is 57.1 Å². The molecule has 3 aliphatic rings. The van der Waals surface area contributed by atoms with E-state index in [1.165, 1.54) is 4.90 Å². The molecule has 0 unspecified atom stereocenters. The minimum absolute atomic E-state index is 0.265. The number of nitrogens with zero attached hydrogens (tertiary/aromatic N) is 3. The van der Waals surface area contributed by atoms with Crippen LogP contribution in [-0.4, -0.2) is 82.9 Å². The zero-order chi connectivity index (χ0) is 25.4. The quantitative estimate of drug-likeness (QED) is 0.437. The van der Waals surface area contributed by atoms with Crippen molar-refractivity contribution < 1.29 is 37.4 Å². The van der Waals surface area contributed by atoms with E-state index in [9.17, 15) is 32.7 Å². The number of carboxylic acids is 1. The number of amides is 2. The Hall–Kier alpha value is -2.82. The SMILES string of the molecule is CN(COC(=O)C(F)(F)F)[C@]1(c2ccccc2)CC[C@@]2(CC1)CN(CC(=O)O)C(=O)N2CC1CC1. The van der Waals surface area contributed by atoms with E-state index in [-0.39, 0.29) is 12.6 Å². The number of hydrogen-bond donors (Lipinski definition) is 1. The van der Waals surface area contributed by atoms with Crippen molar-refractivity contribution in [2.75, 3.05) is 33.4 Å². The lowest BCUT2D eigenvalue weighted by Gasteiger charge is -2.51. The standard InChI is InChI=1S/C24H30F3N3O5/c1-28(16-35-20(33)24(25,26)27)23(18-5-3-2-4-6-18)11-9-22(10-12-23)15-29(14-19(31)32)21(34)30(22)13-17-7-8-17/h2-6,17H,7-16H2,1H3,(H,31,32)/t22-,23-. The lowest BCUT2D eigenvalue weighted by Crippen LogP contribution is -2.56. The zero-order valence-electron chi connectivity index (χ0n) is 19.6. The predicted molar refractivity (Wildman–Crippen MR) is 118 cm³/mol. The number of alkyl halides is 3. The van der Waals surface area contributed by atoms with Crippen molar-refractivity contribution in [2.24, 2.45) is 5.92 Å². The van der Waals surface area contributed by atoms with Crippen molar-refractivity contribution in [1.29, 1.82) is 0 Å². The maximum atomic E-state index is 13.1. The van der Waals surface area contributed by atoms with Crippen LogP contribution in [0.15, 0.2) is 30.3 Å². The van der Waals surface area contributed by atoms with Gasteiger partial charge in [-0.15, -0.1) is 0 Å². The molecule has 1 heterocycles. The Bertz CT molecular complexity index is 959. The summed E-state index contributed by atoms with van der Waals surface area (Å²) < 4.78 is 42.7. The van der Waals surface area contributed by atoms with Crippen LogP contribution in [0.2, 0.25) is 0 Å². The fourth-order valence-corrected chi connectivity index (χ4v) is 5.56. The van der Waals surface area contributed by atoms with Gasteiger partial charge < -0.3 is 19.6 Å². The minimum Gasteiger partial charge on any atom is -0.480 e. The van der Waals surface area contributed by atoms with E-state index in [1.54, 1.807) is 11.9 Å². The Morgan fingerprint density at radius 2 is 1.77 bits per heavy atom. The topological polar surface area (TPSA) is 90.4 Å². The lowest BCUT2D eigenvalue weighted by atomic mass is 9.68. The van der Waals surface area contributed by atoms with Gasteiger partial charge in [-0.2, -0.15) is 13.2 Å². The van der Waals surface area contributed by atoms with Gasteiger partial charge in [-0.1, -0.05) is 30.3 Å². The Labute approximate surface area is 201 Å². The van der Waals surface area contributed by atoms with Crippen LogP contribution in [-0.2, 0) is 19.9 Å². The van der Waals surface area contributed by atoms with Gasteiger partial charge in [0.2, 0.25) is 0 Å². The number of aliphatic carboxylic acids is 1. The zero-order valence-corrected chi connectivity index (χ0v) is 19.6. The summed E-state index contributed by atoms with van der Waals surface area (Å²) in [5.74, 6) is -2.88. The van der Waals surface area contributed by atoms with E-state index in [2.05, 4.69) is 4.74 Å². The monoisotopic (exact) mass is 497 g/mol. The Morgan fingerprint density at radius 3 is 2.31 bits per heavy atom. The number of carboxylic acid groups (broad SMARTS) is 1. The summed E-state index contributed by atoms with van der Waals surface area (Å²) in [6.45, 7) is 0.00376. The van der Waals surface area contributed by atoms with E-state index in [4.69, 9.17) is 0 Å². The number of ether oxygens (including phenoxy) is 1. The fraction of sp³-hybridized carbons (Fsp3) is 0.625. The van der Waals surface area contributed by atoms with Crippen LogP contribution < -0.4 is 0 Å². The third kappa shape index (κ3) is 5.10. The average Bonchev–Trinajstić information content (AvgIpc) is 3.60. The molecule has 1 N–H and O–H groups in total. The molecule has 0 aromatic heterocycles. The van der Waals surface area contributed by atoms with Crippen molar-refractivity contribution >= 4 is 18.0 Å². The largest absolute Gasteiger partial charge is 0.490 e. The Kier molecular flexibility index (Phi) is 6.74. The van der Waals surface area contributed by atoms with Gasteiger partial charge in [0.25, 0.3) is 0 Å². The molecule has 4 rings (SSSR count). The first-order chi connectivity index (χ1) is 16.5. The molecular formula is C24H30F3N3O5. The molecule has 35 heavy (non-hydrogen) atoms. The first-order valence-corrected chi connectivity index (χ1v) is 11.8. The van der Waals surface area contributed by atoms with Gasteiger partial charge in [-0.3, -0.25) is 9.69 Å². The minimum atomic E-state index is -5.07. The number of carbonyl (C=O) groups excluding carboxylic acids is 2. The van der Waals surface area contributed by atoms with E-state index in [1.807, 2.05) is 35.2 Å². The third-order valence-corrected chi connectivity index (χ3v) is 7.69. The average molecular weight is 498 g/mol. The molecule has 1 spiro atoms. The second-order valence-electron chi connectivity index (χ2n) is 9.96. The summed E-state index contributed by atoms with van der Waals surface area (Å²) in [6.07, 6.45) is -0.875. The molecule has 1 aromatic carbocycles. The smallest absolute Gasteiger partial charge is 0.480 e. The summed E-state index contributed by atoms with van der Waals surface area (Å²) in [5.41, 5.74) is -0.343. The molecule has 11 heteroatoms. The maximum Gasteiger partial charge on any atom is 0.490 e. The van der Waals surface area contributed by atoms with Crippen molar-refractivity contribution in [1.82, 2.24) is 14.7 Å². The van der Waals surface area contributed by atoms with Gasteiger partial charge in [0.15, 0.2) is 0 Å². The second kappa shape index (κ2) is 9.33. The first kappa shape index (κ1) is 25.3. The van der Waals surface area contributed by atoms with Crippen molar-refractivity contribution in [3.05, 3.63) is 35.9 Å². The van der Waals surface area contributed by atoms with Crippen LogP contribution in [0.5, 0.6) is 0 Å². The van der Waals surface area contributed by atoms with Gasteiger partial charge >= 0.3 is 24.1 Å². The molecule has 2 saturated carbocycles. The first-order valence-electron chi connectivity index (χ1n) is 11.8. The molecule has 192 valence electrons. The van der Waals surface area contributed by atoms with Crippen LogP contribution in [0.25, 0.3) is 0 Å². The molecule has 1 aromatic rings. The van der Waals surface area contributed by atoms with Gasteiger partial charge in [0, 0.05) is 18.6 Å². The summed E-state index contributed by atoms with van der Waals surface area (Å²) in [5, 5.41) is 9.28. The van der Waals surface area contributed by atoms with E-state index in [0.29, 0.717) is 44.7 Å². The number of hydrogen-bond acceptors (Lipinski definition) is 5.